The molecule has 1 aliphatic carbocycles. The third kappa shape index (κ3) is 9.83. The van der Waals surface area contributed by atoms with Crippen LogP contribution in [0.3, 0.4) is 0 Å². The van der Waals surface area contributed by atoms with Crippen molar-refractivity contribution in [3.05, 3.63) is 90.0 Å². The maximum absolute atomic E-state index is 13.0. The van der Waals surface area contributed by atoms with Crippen molar-refractivity contribution in [2.24, 2.45) is 0 Å². The molecule has 3 aromatic carbocycles. The zero-order chi connectivity index (χ0) is 30.0. The van der Waals surface area contributed by atoms with Gasteiger partial charge in [-0.15, -0.1) is 0 Å². The van der Waals surface area contributed by atoms with E-state index in [2.05, 4.69) is 5.32 Å². The molecular weight excluding hydrogens is 536 g/mol. The molecule has 9 nitrogen and oxygen atoms in total. The zero-order valence-electron chi connectivity index (χ0n) is 24.3. The van der Waals surface area contributed by atoms with Gasteiger partial charge in [0, 0.05) is 12.2 Å². The van der Waals surface area contributed by atoms with Crippen molar-refractivity contribution in [2.75, 3.05) is 11.4 Å². The van der Waals surface area contributed by atoms with Gasteiger partial charge in [-0.1, -0.05) is 42.5 Å². The van der Waals surface area contributed by atoms with E-state index in [-0.39, 0.29) is 19.3 Å². The number of alkyl carbamates (subject to hydrolysis) is 1. The third-order valence-corrected chi connectivity index (χ3v) is 6.46. The summed E-state index contributed by atoms with van der Waals surface area (Å²) in [7, 11) is 0. The highest BCUT2D eigenvalue weighted by molar-refractivity contribution is 5.93. The van der Waals surface area contributed by atoms with Gasteiger partial charge in [-0.2, -0.15) is 0 Å². The van der Waals surface area contributed by atoms with Crippen LogP contribution >= 0.6 is 0 Å². The van der Waals surface area contributed by atoms with E-state index in [1.54, 1.807) is 57.2 Å². The van der Waals surface area contributed by atoms with Crippen molar-refractivity contribution in [2.45, 2.75) is 71.3 Å². The van der Waals surface area contributed by atoms with Gasteiger partial charge in [0.2, 0.25) is 0 Å². The maximum atomic E-state index is 13.0. The predicted molar refractivity (Wildman–Crippen MR) is 158 cm³/mol. The smallest absolute Gasteiger partial charge is 0.415 e. The number of ether oxygens (including phenoxy) is 4. The maximum Gasteiger partial charge on any atom is 0.415 e. The highest BCUT2D eigenvalue weighted by Crippen LogP contribution is 2.27. The Hall–Kier alpha value is -4.53. The zero-order valence-corrected chi connectivity index (χ0v) is 24.3. The van der Waals surface area contributed by atoms with E-state index in [1.807, 2.05) is 42.5 Å². The highest BCUT2D eigenvalue weighted by Gasteiger charge is 2.28. The van der Waals surface area contributed by atoms with Crippen LogP contribution in [0.1, 0.15) is 57.6 Å². The summed E-state index contributed by atoms with van der Waals surface area (Å²) in [5.74, 6) is 0.682. The van der Waals surface area contributed by atoms with Gasteiger partial charge in [-0.3, -0.25) is 9.69 Å². The molecule has 0 aliphatic heterocycles. The Kier molecular flexibility index (Phi) is 10.4. The van der Waals surface area contributed by atoms with Gasteiger partial charge in [0.25, 0.3) is 0 Å². The molecule has 0 spiro atoms. The topological polar surface area (TPSA) is 103 Å². The van der Waals surface area contributed by atoms with E-state index in [4.69, 9.17) is 18.9 Å². The Bertz CT molecular complexity index is 1310. The number of anilines is 1. The molecule has 9 heteroatoms. The minimum Gasteiger partial charge on any atom is -0.461 e. The number of rotatable bonds is 10. The van der Waals surface area contributed by atoms with E-state index in [0.717, 1.165) is 36.8 Å². The SMILES string of the molecule is CC(C)(C)OC(=O)N(CC(=O)OC1CCCC1)c1ccc(Oc2ccc(CNC(=O)OCc3ccccc3)cc2)cc1. The molecule has 2 amide bonds. The van der Waals surface area contributed by atoms with Crippen LogP contribution in [0.25, 0.3) is 0 Å². The fraction of sp³-hybridized carbons (Fsp3) is 0.364. The predicted octanol–water partition coefficient (Wildman–Crippen LogP) is 7.13. The summed E-state index contributed by atoms with van der Waals surface area (Å²) in [5, 5.41) is 2.73. The Balaban J connectivity index is 1.31. The fourth-order valence-electron chi connectivity index (χ4n) is 4.39. The minimum atomic E-state index is -0.724. The van der Waals surface area contributed by atoms with Gasteiger partial charge in [-0.25, -0.2) is 9.59 Å². The van der Waals surface area contributed by atoms with Crippen LogP contribution in [0.4, 0.5) is 15.3 Å². The number of nitrogens with zero attached hydrogens (tertiary/aromatic N) is 1. The molecule has 0 saturated heterocycles. The lowest BCUT2D eigenvalue weighted by Crippen LogP contribution is -2.41. The average molecular weight is 575 g/mol. The first kappa shape index (κ1) is 30.4. The number of esters is 1. The molecule has 1 aliphatic rings. The number of nitrogens with one attached hydrogen (secondary N) is 1. The van der Waals surface area contributed by atoms with E-state index < -0.39 is 23.8 Å². The molecule has 0 unspecified atom stereocenters. The first-order chi connectivity index (χ1) is 20.1. The van der Waals surface area contributed by atoms with Crippen LogP contribution in [0.5, 0.6) is 11.5 Å². The summed E-state index contributed by atoms with van der Waals surface area (Å²) in [4.78, 5) is 38.9. The molecule has 0 aromatic heterocycles. The summed E-state index contributed by atoms with van der Waals surface area (Å²) in [6.45, 7) is 5.59. The number of hydrogen-bond acceptors (Lipinski definition) is 7. The Morgan fingerprint density at radius 1 is 0.833 bits per heavy atom. The Labute approximate surface area is 246 Å². The summed E-state index contributed by atoms with van der Waals surface area (Å²) >= 11 is 0. The molecule has 0 radical (unpaired) electrons. The molecule has 4 rings (SSSR count). The molecule has 3 aromatic rings. The van der Waals surface area contributed by atoms with Crippen molar-refractivity contribution in [1.82, 2.24) is 5.32 Å². The number of benzene rings is 3. The Morgan fingerprint density at radius 3 is 2.07 bits per heavy atom. The van der Waals surface area contributed by atoms with Gasteiger partial charge in [0.15, 0.2) is 0 Å². The normalized spacial score (nSPS) is 13.2. The molecule has 222 valence electrons. The molecule has 0 atom stereocenters. The van der Waals surface area contributed by atoms with Gasteiger partial charge in [0.05, 0.1) is 0 Å². The fourth-order valence-corrected chi connectivity index (χ4v) is 4.39. The van der Waals surface area contributed by atoms with E-state index in [9.17, 15) is 14.4 Å². The van der Waals surface area contributed by atoms with Gasteiger partial charge in [0.1, 0.15) is 36.4 Å². The summed E-state index contributed by atoms with van der Waals surface area (Å²) < 4.78 is 22.3. The number of carbonyl (C=O) groups is 3. The van der Waals surface area contributed by atoms with Gasteiger partial charge >= 0.3 is 18.2 Å². The van der Waals surface area contributed by atoms with Crippen molar-refractivity contribution in [3.8, 4) is 11.5 Å². The van der Waals surface area contributed by atoms with Crippen LogP contribution in [0, 0.1) is 0 Å². The van der Waals surface area contributed by atoms with Crippen LogP contribution < -0.4 is 15.0 Å². The van der Waals surface area contributed by atoms with E-state index >= 15 is 0 Å². The molecule has 1 saturated carbocycles. The Morgan fingerprint density at radius 2 is 1.45 bits per heavy atom. The second-order valence-electron chi connectivity index (χ2n) is 11.1. The molecule has 0 bridgehead atoms. The third-order valence-electron chi connectivity index (χ3n) is 6.46. The molecule has 42 heavy (non-hydrogen) atoms. The first-order valence-corrected chi connectivity index (χ1v) is 14.2. The van der Waals surface area contributed by atoms with Crippen molar-refractivity contribution >= 4 is 23.8 Å². The number of amides is 2. The minimum absolute atomic E-state index is 0.0932. The largest absolute Gasteiger partial charge is 0.461 e. The molecule has 1 fully saturated rings. The van der Waals surface area contributed by atoms with Crippen molar-refractivity contribution in [3.63, 3.8) is 0 Å². The second kappa shape index (κ2) is 14.4. The lowest BCUT2D eigenvalue weighted by molar-refractivity contribution is -0.147. The van der Waals surface area contributed by atoms with Gasteiger partial charge < -0.3 is 24.3 Å². The van der Waals surface area contributed by atoms with Crippen LogP contribution in [0.2, 0.25) is 0 Å². The van der Waals surface area contributed by atoms with E-state index in [1.165, 1.54) is 4.90 Å². The van der Waals surface area contributed by atoms with E-state index in [0.29, 0.717) is 23.7 Å². The van der Waals surface area contributed by atoms with Crippen molar-refractivity contribution < 1.29 is 33.3 Å². The van der Waals surface area contributed by atoms with Gasteiger partial charge in [-0.05, 0) is 94.0 Å². The monoisotopic (exact) mass is 574 g/mol. The standard InChI is InChI=1S/C33H38N2O7/c1-33(2,3)42-32(38)35(22-30(36)41-27-11-7-8-12-27)26-15-19-29(20-16-26)40-28-17-13-24(14-18-28)21-34-31(37)39-23-25-9-5-4-6-10-25/h4-6,9-10,13-20,27H,7-8,11-12,21-23H2,1-3H3,(H,34,37). The van der Waals surface area contributed by atoms with Crippen LogP contribution in [-0.4, -0.2) is 36.4 Å². The number of hydrogen-bond donors (Lipinski definition) is 1. The van der Waals surface area contributed by atoms with Crippen LogP contribution in [0.15, 0.2) is 78.9 Å². The van der Waals surface area contributed by atoms with Crippen molar-refractivity contribution in [1.29, 1.82) is 0 Å². The number of carbonyl (C=O) groups excluding carboxylic acids is 3. The summed E-state index contributed by atoms with van der Waals surface area (Å²) in [6, 6.07) is 23.6. The summed E-state index contributed by atoms with van der Waals surface area (Å²) in [6.07, 6.45) is 2.56. The van der Waals surface area contributed by atoms with Crippen LogP contribution in [-0.2, 0) is 32.2 Å². The second-order valence-corrected chi connectivity index (χ2v) is 11.1. The lowest BCUT2D eigenvalue weighted by atomic mass is 10.2. The lowest BCUT2D eigenvalue weighted by Gasteiger charge is -2.27. The molecule has 1 N–H and O–H groups in total. The average Bonchev–Trinajstić information content (AvgIpc) is 3.47. The molecular formula is C33H38N2O7. The molecule has 0 heterocycles. The quantitative estimate of drug-likeness (QED) is 0.203. The highest BCUT2D eigenvalue weighted by atomic mass is 16.6. The first-order valence-electron chi connectivity index (χ1n) is 14.2. The summed E-state index contributed by atoms with van der Waals surface area (Å²) in [5.41, 5.74) is 1.56.